The third kappa shape index (κ3) is 1.70. The Morgan fingerprint density at radius 2 is 2.30 bits per heavy atom. The van der Waals surface area contributed by atoms with Gasteiger partial charge >= 0.3 is 126 Å². The summed E-state index contributed by atoms with van der Waals surface area (Å²) in [5, 5.41) is 12.2. The van der Waals surface area contributed by atoms with E-state index < -0.39 is 5.60 Å². The van der Waals surface area contributed by atoms with Crippen molar-refractivity contribution in [3.63, 3.8) is 0 Å². The second kappa shape index (κ2) is 4.69. The van der Waals surface area contributed by atoms with E-state index in [0.29, 0.717) is 37.5 Å². The van der Waals surface area contributed by atoms with Crippen LogP contribution in [0.5, 0.6) is 0 Å². The molecule has 106 valence electrons. The predicted molar refractivity (Wildman–Crippen MR) is 80.7 cm³/mol. The van der Waals surface area contributed by atoms with Crippen molar-refractivity contribution in [3.05, 3.63) is 42.2 Å². The fourth-order valence-electron chi connectivity index (χ4n) is 4.73. The van der Waals surface area contributed by atoms with Crippen LogP contribution in [0.15, 0.2) is 31.1 Å². The normalized spacial score (nSPS) is 42.5. The van der Waals surface area contributed by atoms with Crippen molar-refractivity contribution in [1.82, 2.24) is 4.98 Å². The zero-order chi connectivity index (χ0) is 13.7. The van der Waals surface area contributed by atoms with Gasteiger partial charge in [-0.3, -0.25) is 0 Å². The van der Waals surface area contributed by atoms with E-state index in [1.165, 1.54) is 18.4 Å². The Hall–Kier alpha value is -0.631. The van der Waals surface area contributed by atoms with Crippen molar-refractivity contribution in [3.8, 4) is 0 Å². The number of aromatic nitrogens is 1. The van der Waals surface area contributed by atoms with E-state index in [0.717, 1.165) is 18.2 Å². The molecule has 1 saturated carbocycles. The fraction of sp³-hybridized carbons (Fsp3) is 0.588. The SMILES string of the molecule is C=C[C@@H]1CC[C@H]2[C@@H]3CCc4cnccc4[C@@H]3[Se]C[C@@]12O. The number of nitrogens with zero attached hydrogens (tertiary/aromatic N) is 1. The molecule has 2 nitrogen and oxygen atoms in total. The molecule has 20 heavy (non-hydrogen) atoms. The molecule has 3 aliphatic rings. The summed E-state index contributed by atoms with van der Waals surface area (Å²) in [6.45, 7) is 3.96. The van der Waals surface area contributed by atoms with Crippen LogP contribution < -0.4 is 0 Å². The maximum absolute atomic E-state index is 11.2. The van der Waals surface area contributed by atoms with Gasteiger partial charge in [0, 0.05) is 0 Å². The first-order valence-electron chi connectivity index (χ1n) is 7.63. The van der Waals surface area contributed by atoms with Crippen LogP contribution in [0.4, 0.5) is 0 Å². The van der Waals surface area contributed by atoms with Gasteiger partial charge in [-0.1, -0.05) is 0 Å². The summed E-state index contributed by atoms with van der Waals surface area (Å²) in [6, 6.07) is 2.23. The molecule has 0 radical (unpaired) electrons. The fourth-order valence-corrected chi connectivity index (χ4v) is 8.63. The Morgan fingerprint density at radius 1 is 1.40 bits per heavy atom. The molecule has 5 atom stereocenters. The molecular weight excluding hydrogens is 313 g/mol. The second-order valence-corrected chi connectivity index (χ2v) is 8.90. The first-order chi connectivity index (χ1) is 9.74. The van der Waals surface area contributed by atoms with Crippen molar-refractivity contribution < 1.29 is 5.11 Å². The molecule has 1 saturated heterocycles. The topological polar surface area (TPSA) is 33.1 Å². The predicted octanol–water partition coefficient (Wildman–Crippen LogP) is 2.76. The number of hydrogen-bond acceptors (Lipinski definition) is 2. The molecule has 0 unspecified atom stereocenters. The van der Waals surface area contributed by atoms with E-state index in [4.69, 9.17) is 0 Å². The summed E-state index contributed by atoms with van der Waals surface area (Å²) in [6.07, 6.45) is 10.7. The molecule has 1 aromatic rings. The van der Waals surface area contributed by atoms with Crippen molar-refractivity contribution in [2.24, 2.45) is 17.8 Å². The van der Waals surface area contributed by atoms with Crippen molar-refractivity contribution >= 4 is 15.0 Å². The summed E-state index contributed by atoms with van der Waals surface area (Å²) >= 11 is 0.498. The Labute approximate surface area is 126 Å². The van der Waals surface area contributed by atoms with Gasteiger partial charge in [0.15, 0.2) is 0 Å². The first-order valence-corrected chi connectivity index (χ1v) is 9.83. The van der Waals surface area contributed by atoms with E-state index in [2.05, 4.69) is 23.8 Å². The summed E-state index contributed by atoms with van der Waals surface area (Å²) < 4.78 is 0. The molecule has 0 amide bonds. The van der Waals surface area contributed by atoms with Crippen LogP contribution in [0.3, 0.4) is 0 Å². The number of rotatable bonds is 1. The molecule has 1 aromatic heterocycles. The Kier molecular flexibility index (Phi) is 3.06. The van der Waals surface area contributed by atoms with E-state index >= 15 is 0 Å². The Morgan fingerprint density at radius 3 is 3.15 bits per heavy atom. The van der Waals surface area contributed by atoms with Crippen LogP contribution in [0.1, 0.15) is 35.2 Å². The molecule has 0 spiro atoms. The van der Waals surface area contributed by atoms with E-state index in [1.807, 2.05) is 12.3 Å². The maximum atomic E-state index is 11.2. The van der Waals surface area contributed by atoms with Gasteiger partial charge < -0.3 is 0 Å². The molecule has 1 N–H and O–H groups in total. The quantitative estimate of drug-likeness (QED) is 0.633. The van der Waals surface area contributed by atoms with Crippen molar-refractivity contribution in [2.45, 2.75) is 41.4 Å². The van der Waals surface area contributed by atoms with Crippen LogP contribution >= 0.6 is 0 Å². The molecule has 2 fully saturated rings. The Bertz CT molecular complexity index is 546. The first kappa shape index (κ1) is 13.1. The van der Waals surface area contributed by atoms with Crippen LogP contribution in [0.25, 0.3) is 0 Å². The third-order valence-electron chi connectivity index (χ3n) is 5.75. The van der Waals surface area contributed by atoms with Gasteiger partial charge in [0.05, 0.1) is 0 Å². The van der Waals surface area contributed by atoms with Crippen molar-refractivity contribution in [2.75, 3.05) is 0 Å². The molecule has 3 heteroatoms. The average Bonchev–Trinajstić information content (AvgIpc) is 2.83. The molecule has 0 bridgehead atoms. The second-order valence-electron chi connectivity index (χ2n) is 6.53. The molecule has 4 rings (SSSR count). The standard InChI is InChI=1S/C17H21NOSe/c1-2-12-4-6-15-14-5-3-11-9-18-8-7-13(11)16(14)20-10-17(12,15)19/h2,7-9,12,14-16,19H,1,3-6,10H2/t12-,14+,15+,16+,17-/m1/s1. The summed E-state index contributed by atoms with van der Waals surface area (Å²) in [5.74, 6) is 1.51. The van der Waals surface area contributed by atoms with Crippen LogP contribution in [-0.4, -0.2) is 30.6 Å². The van der Waals surface area contributed by atoms with E-state index in [9.17, 15) is 5.11 Å². The van der Waals surface area contributed by atoms with Gasteiger partial charge in [-0.05, 0) is 0 Å². The summed E-state index contributed by atoms with van der Waals surface area (Å²) in [7, 11) is 0. The molecule has 2 aliphatic carbocycles. The number of pyridine rings is 1. The van der Waals surface area contributed by atoms with Crippen LogP contribution in [0, 0.1) is 17.8 Å². The molecule has 0 aromatic carbocycles. The van der Waals surface area contributed by atoms with Gasteiger partial charge in [0.2, 0.25) is 0 Å². The third-order valence-corrected chi connectivity index (χ3v) is 9.09. The molecular formula is C17H21NOSe. The minimum atomic E-state index is -0.437. The van der Waals surface area contributed by atoms with E-state index in [-0.39, 0.29) is 0 Å². The number of hydrogen-bond donors (Lipinski definition) is 1. The minimum absolute atomic E-state index is 0.328. The molecule has 1 aliphatic heterocycles. The zero-order valence-corrected chi connectivity index (χ0v) is 13.4. The van der Waals surface area contributed by atoms with Gasteiger partial charge in [-0.25, -0.2) is 0 Å². The summed E-state index contributed by atoms with van der Waals surface area (Å²) in [5.41, 5.74) is 2.56. The van der Waals surface area contributed by atoms with Gasteiger partial charge in [0.25, 0.3) is 0 Å². The zero-order valence-electron chi connectivity index (χ0n) is 11.7. The monoisotopic (exact) mass is 335 g/mol. The Balaban J connectivity index is 1.70. The van der Waals surface area contributed by atoms with Crippen molar-refractivity contribution in [1.29, 1.82) is 0 Å². The van der Waals surface area contributed by atoms with E-state index in [1.54, 1.807) is 5.56 Å². The van der Waals surface area contributed by atoms with Gasteiger partial charge in [-0.15, -0.1) is 0 Å². The van der Waals surface area contributed by atoms with Crippen LogP contribution in [-0.2, 0) is 6.42 Å². The van der Waals surface area contributed by atoms with Gasteiger partial charge in [-0.2, -0.15) is 0 Å². The van der Waals surface area contributed by atoms with Gasteiger partial charge in [0.1, 0.15) is 0 Å². The number of fused-ring (bicyclic) bond motifs is 5. The average molecular weight is 334 g/mol. The molecule has 2 heterocycles. The van der Waals surface area contributed by atoms with Crippen LogP contribution in [0.2, 0.25) is 5.32 Å². The number of aliphatic hydroxyl groups is 1. The summed E-state index contributed by atoms with van der Waals surface area (Å²) in [4.78, 5) is 5.00. The number of aryl methyl sites for hydroxylation is 1.